The lowest BCUT2D eigenvalue weighted by Gasteiger charge is -2.22. The van der Waals surface area contributed by atoms with E-state index in [1.807, 2.05) is 24.3 Å². The molecule has 1 saturated heterocycles. The molecular formula is C18H24ClN3O2. The third-order valence-electron chi connectivity index (χ3n) is 4.16. The first kappa shape index (κ1) is 18.5. The second kappa shape index (κ2) is 8.85. The summed E-state index contributed by atoms with van der Waals surface area (Å²) < 4.78 is 5.53. The maximum atomic E-state index is 12.0. The van der Waals surface area contributed by atoms with Crippen LogP contribution in [0.5, 0.6) is 0 Å². The molecule has 1 aromatic carbocycles. The molecule has 1 aliphatic rings. The van der Waals surface area contributed by atoms with Crippen molar-refractivity contribution in [1.82, 2.24) is 15.6 Å². The first-order valence-corrected chi connectivity index (χ1v) is 8.25. The number of carbonyl (C=O) groups is 1. The summed E-state index contributed by atoms with van der Waals surface area (Å²) in [6.07, 6.45) is 5.54. The van der Waals surface area contributed by atoms with Crippen LogP contribution in [0.2, 0.25) is 0 Å². The Labute approximate surface area is 148 Å². The van der Waals surface area contributed by atoms with Gasteiger partial charge in [-0.3, -0.25) is 4.79 Å². The lowest BCUT2D eigenvalue weighted by atomic mass is 10.0. The van der Waals surface area contributed by atoms with Gasteiger partial charge in [-0.25, -0.2) is 4.98 Å². The van der Waals surface area contributed by atoms with Crippen LogP contribution < -0.4 is 10.6 Å². The van der Waals surface area contributed by atoms with Crippen LogP contribution in [0.1, 0.15) is 30.5 Å². The molecular weight excluding hydrogens is 326 g/mol. The smallest absolute Gasteiger partial charge is 0.237 e. The van der Waals surface area contributed by atoms with Gasteiger partial charge in [-0.05, 0) is 38.4 Å². The molecule has 1 atom stereocenters. The third kappa shape index (κ3) is 4.82. The number of nitrogens with one attached hydrogen (secondary N) is 2. The van der Waals surface area contributed by atoms with Gasteiger partial charge in [0.25, 0.3) is 0 Å². The van der Waals surface area contributed by atoms with Crippen LogP contribution in [-0.4, -0.2) is 30.0 Å². The van der Waals surface area contributed by atoms with Gasteiger partial charge in [0.15, 0.2) is 0 Å². The largest absolute Gasteiger partial charge is 0.444 e. The number of aryl methyl sites for hydroxylation is 1. The van der Waals surface area contributed by atoms with E-state index in [2.05, 4.69) is 22.5 Å². The van der Waals surface area contributed by atoms with Crippen molar-refractivity contribution in [1.29, 1.82) is 0 Å². The van der Waals surface area contributed by atoms with Crippen LogP contribution >= 0.6 is 12.4 Å². The summed E-state index contributed by atoms with van der Waals surface area (Å²) in [7, 11) is 0. The van der Waals surface area contributed by atoms with Crippen molar-refractivity contribution in [2.45, 2.75) is 38.6 Å². The lowest BCUT2D eigenvalue weighted by Crippen LogP contribution is -2.47. The second-order valence-electron chi connectivity index (χ2n) is 6.05. The van der Waals surface area contributed by atoms with Gasteiger partial charge in [-0.2, -0.15) is 0 Å². The highest BCUT2D eigenvalue weighted by Gasteiger charge is 2.19. The molecule has 0 bridgehead atoms. The van der Waals surface area contributed by atoms with Crippen molar-refractivity contribution in [3.8, 4) is 11.5 Å². The van der Waals surface area contributed by atoms with Gasteiger partial charge in [-0.15, -0.1) is 12.4 Å². The van der Waals surface area contributed by atoms with Gasteiger partial charge < -0.3 is 15.1 Å². The molecule has 1 fully saturated rings. The molecule has 1 aliphatic heterocycles. The molecule has 1 aromatic heterocycles. The number of amides is 1. The molecule has 0 aliphatic carbocycles. The quantitative estimate of drug-likeness (QED) is 0.871. The molecule has 0 radical (unpaired) electrons. The molecule has 3 rings (SSSR count). The van der Waals surface area contributed by atoms with E-state index in [1.165, 1.54) is 5.56 Å². The Morgan fingerprint density at radius 3 is 2.83 bits per heavy atom. The Balaban J connectivity index is 0.00000208. The molecule has 1 amide bonds. The first-order chi connectivity index (χ1) is 11.2. The van der Waals surface area contributed by atoms with Crippen molar-refractivity contribution < 1.29 is 9.21 Å². The molecule has 1 unspecified atom stereocenters. The van der Waals surface area contributed by atoms with Crippen molar-refractivity contribution >= 4 is 18.3 Å². The zero-order valence-corrected chi connectivity index (χ0v) is 14.7. The van der Waals surface area contributed by atoms with Crippen LogP contribution in [-0.2, 0) is 11.2 Å². The zero-order chi connectivity index (χ0) is 16.1. The van der Waals surface area contributed by atoms with Crippen LogP contribution in [0.3, 0.4) is 0 Å². The SMILES string of the molecule is Cc1ccc(-c2nc(CCNC(=O)C3CCCCN3)co2)cc1.Cl. The van der Waals surface area contributed by atoms with Crippen LogP contribution in [0.15, 0.2) is 34.9 Å². The van der Waals surface area contributed by atoms with Crippen molar-refractivity contribution in [2.24, 2.45) is 0 Å². The highest BCUT2D eigenvalue weighted by molar-refractivity contribution is 5.85. The van der Waals surface area contributed by atoms with E-state index in [0.29, 0.717) is 18.9 Å². The van der Waals surface area contributed by atoms with E-state index in [4.69, 9.17) is 4.42 Å². The number of benzene rings is 1. The van der Waals surface area contributed by atoms with E-state index < -0.39 is 0 Å². The number of hydrogen-bond donors (Lipinski definition) is 2. The van der Waals surface area contributed by atoms with Gasteiger partial charge in [0.2, 0.25) is 11.8 Å². The van der Waals surface area contributed by atoms with E-state index in [-0.39, 0.29) is 24.4 Å². The molecule has 2 heterocycles. The Hall–Kier alpha value is -1.85. The number of halogens is 1. The number of nitrogens with zero attached hydrogens (tertiary/aromatic N) is 1. The summed E-state index contributed by atoms with van der Waals surface area (Å²) in [4.78, 5) is 16.5. The van der Waals surface area contributed by atoms with E-state index in [9.17, 15) is 4.79 Å². The van der Waals surface area contributed by atoms with E-state index in [1.54, 1.807) is 6.26 Å². The standard InChI is InChI=1S/C18H23N3O2.ClH/c1-13-5-7-14(8-6-13)18-21-15(12-23-18)9-11-20-17(22)16-4-2-3-10-19-16;/h5-8,12,16,19H,2-4,9-11H2,1H3,(H,20,22);1H. The van der Waals surface area contributed by atoms with Gasteiger partial charge in [0, 0.05) is 18.5 Å². The molecule has 2 N–H and O–H groups in total. The molecule has 5 nitrogen and oxygen atoms in total. The summed E-state index contributed by atoms with van der Waals surface area (Å²) in [5.41, 5.74) is 3.04. The third-order valence-corrected chi connectivity index (χ3v) is 4.16. The zero-order valence-electron chi connectivity index (χ0n) is 13.9. The van der Waals surface area contributed by atoms with Gasteiger partial charge in [0.1, 0.15) is 6.26 Å². The Bertz CT molecular complexity index is 649. The Kier molecular flexibility index (Phi) is 6.82. The molecule has 6 heteroatoms. The minimum Gasteiger partial charge on any atom is -0.444 e. The van der Waals surface area contributed by atoms with Crippen molar-refractivity contribution in [2.75, 3.05) is 13.1 Å². The summed E-state index contributed by atoms with van der Waals surface area (Å²) in [5.74, 6) is 0.715. The van der Waals surface area contributed by atoms with Crippen molar-refractivity contribution in [3.05, 3.63) is 41.8 Å². The minimum absolute atomic E-state index is 0. The lowest BCUT2D eigenvalue weighted by molar-refractivity contribution is -0.123. The van der Waals surface area contributed by atoms with Crippen LogP contribution in [0.4, 0.5) is 0 Å². The minimum atomic E-state index is -0.0378. The molecule has 2 aromatic rings. The molecule has 0 saturated carbocycles. The first-order valence-electron chi connectivity index (χ1n) is 8.25. The normalized spacial score (nSPS) is 17.1. The van der Waals surface area contributed by atoms with E-state index >= 15 is 0 Å². The number of carbonyl (C=O) groups excluding carboxylic acids is 1. The Morgan fingerprint density at radius 2 is 2.12 bits per heavy atom. The van der Waals surface area contributed by atoms with Crippen molar-refractivity contribution in [3.63, 3.8) is 0 Å². The fraction of sp³-hybridized carbons (Fsp3) is 0.444. The fourth-order valence-corrected chi connectivity index (χ4v) is 2.76. The number of aromatic nitrogens is 1. The number of rotatable bonds is 5. The predicted octanol–water partition coefficient (Wildman–Crippen LogP) is 2.87. The highest BCUT2D eigenvalue weighted by Crippen LogP contribution is 2.19. The number of hydrogen-bond acceptors (Lipinski definition) is 4. The highest BCUT2D eigenvalue weighted by atomic mass is 35.5. The maximum Gasteiger partial charge on any atom is 0.237 e. The summed E-state index contributed by atoms with van der Waals surface area (Å²) in [5, 5.41) is 6.23. The van der Waals surface area contributed by atoms with Gasteiger partial charge >= 0.3 is 0 Å². The summed E-state index contributed by atoms with van der Waals surface area (Å²) >= 11 is 0. The van der Waals surface area contributed by atoms with Crippen LogP contribution in [0.25, 0.3) is 11.5 Å². The fourth-order valence-electron chi connectivity index (χ4n) is 2.76. The topological polar surface area (TPSA) is 67.2 Å². The number of oxazole rings is 1. The van der Waals surface area contributed by atoms with Crippen LogP contribution in [0, 0.1) is 6.92 Å². The number of piperidine rings is 1. The molecule has 130 valence electrons. The average molecular weight is 350 g/mol. The summed E-state index contributed by atoms with van der Waals surface area (Å²) in [6.45, 7) is 3.56. The second-order valence-corrected chi connectivity index (χ2v) is 6.05. The monoisotopic (exact) mass is 349 g/mol. The predicted molar refractivity (Wildman–Crippen MR) is 96.3 cm³/mol. The molecule has 0 spiro atoms. The average Bonchev–Trinajstić information content (AvgIpc) is 3.05. The van der Waals surface area contributed by atoms with Gasteiger partial charge in [-0.1, -0.05) is 24.1 Å². The maximum absolute atomic E-state index is 12.0. The summed E-state index contributed by atoms with van der Waals surface area (Å²) in [6, 6.07) is 8.04. The molecule has 24 heavy (non-hydrogen) atoms. The van der Waals surface area contributed by atoms with E-state index in [0.717, 1.165) is 37.1 Å². The van der Waals surface area contributed by atoms with Gasteiger partial charge in [0.05, 0.1) is 11.7 Å². The Morgan fingerprint density at radius 1 is 1.33 bits per heavy atom.